The van der Waals surface area contributed by atoms with E-state index in [1.54, 1.807) is 12.1 Å². The van der Waals surface area contributed by atoms with Crippen molar-refractivity contribution in [3.8, 4) is 11.1 Å². The maximum Gasteiger partial charge on any atom is 0.141 e. The number of pyridine rings is 1. The van der Waals surface area contributed by atoms with E-state index in [-0.39, 0.29) is 11.7 Å². The first-order chi connectivity index (χ1) is 13.1. The fourth-order valence-corrected chi connectivity index (χ4v) is 4.12. The van der Waals surface area contributed by atoms with Gasteiger partial charge in [0, 0.05) is 34.8 Å². The number of hydrogen-bond donors (Lipinski definition) is 1. The second kappa shape index (κ2) is 6.05. The van der Waals surface area contributed by atoms with Gasteiger partial charge in [0.25, 0.3) is 0 Å². The molecule has 0 bridgehead atoms. The van der Waals surface area contributed by atoms with Crippen molar-refractivity contribution in [1.29, 1.82) is 0 Å². The molecule has 1 saturated carbocycles. The predicted octanol–water partition coefficient (Wildman–Crippen LogP) is 5.52. The third-order valence-corrected chi connectivity index (χ3v) is 5.54. The average Bonchev–Trinajstić information content (AvgIpc) is 3.33. The molecule has 0 saturated heterocycles. The molecule has 0 spiro atoms. The van der Waals surface area contributed by atoms with E-state index in [0.717, 1.165) is 39.2 Å². The molecule has 4 aromatic rings. The highest BCUT2D eigenvalue weighted by atomic mass is 19.1. The summed E-state index contributed by atoms with van der Waals surface area (Å²) in [5.41, 5.74) is 6.12. The number of nitrogens with zero attached hydrogens (tertiary/aromatic N) is 2. The second-order valence-electron chi connectivity index (χ2n) is 7.43. The van der Waals surface area contributed by atoms with E-state index in [1.165, 1.54) is 18.4 Å². The zero-order valence-electron chi connectivity index (χ0n) is 15.3. The molecule has 0 amide bonds. The molecule has 0 radical (unpaired) electrons. The largest absolute Gasteiger partial charge is 0.361 e. The lowest BCUT2D eigenvalue weighted by atomic mass is 9.87. The highest BCUT2D eigenvalue weighted by Crippen LogP contribution is 2.48. The van der Waals surface area contributed by atoms with E-state index in [0.29, 0.717) is 5.92 Å². The first-order valence-corrected chi connectivity index (χ1v) is 9.27. The molecule has 0 aliphatic heterocycles. The molecule has 3 heterocycles. The summed E-state index contributed by atoms with van der Waals surface area (Å²) in [6.07, 6.45) is 6.32. The molecule has 1 fully saturated rings. The minimum atomic E-state index is -0.199. The predicted molar refractivity (Wildman–Crippen MR) is 102 cm³/mol. The van der Waals surface area contributed by atoms with Gasteiger partial charge >= 0.3 is 0 Å². The van der Waals surface area contributed by atoms with E-state index in [4.69, 9.17) is 4.52 Å². The minimum absolute atomic E-state index is 0.199. The Balaban J connectivity index is 1.66. The van der Waals surface area contributed by atoms with Crippen LogP contribution in [0, 0.1) is 25.6 Å². The zero-order valence-corrected chi connectivity index (χ0v) is 15.3. The van der Waals surface area contributed by atoms with Crippen LogP contribution in [0.4, 0.5) is 4.39 Å². The number of H-pyrrole nitrogens is 1. The molecule has 1 unspecified atom stereocenters. The Kier molecular flexibility index (Phi) is 3.64. The lowest BCUT2D eigenvalue weighted by molar-refractivity contribution is 0.393. The van der Waals surface area contributed by atoms with Crippen LogP contribution in [0.5, 0.6) is 0 Å². The van der Waals surface area contributed by atoms with Gasteiger partial charge in [0.15, 0.2) is 0 Å². The average molecular weight is 361 g/mol. The Morgan fingerprint density at radius 1 is 1.19 bits per heavy atom. The smallest absolute Gasteiger partial charge is 0.141 e. The van der Waals surface area contributed by atoms with E-state index >= 15 is 0 Å². The van der Waals surface area contributed by atoms with Gasteiger partial charge < -0.3 is 9.51 Å². The number of fused-ring (bicyclic) bond motifs is 1. The molecular weight excluding hydrogens is 341 g/mol. The molecule has 3 aromatic heterocycles. The summed E-state index contributed by atoms with van der Waals surface area (Å²) in [7, 11) is 0. The van der Waals surface area contributed by atoms with Crippen LogP contribution in [-0.2, 0) is 0 Å². The zero-order chi connectivity index (χ0) is 18.5. The van der Waals surface area contributed by atoms with Crippen LogP contribution in [0.25, 0.3) is 22.2 Å². The molecule has 1 atom stereocenters. The normalized spacial score (nSPS) is 15.4. The summed E-state index contributed by atoms with van der Waals surface area (Å²) in [5.74, 6) is 1.44. The molecule has 4 nitrogen and oxygen atoms in total. The Bertz CT molecular complexity index is 1100. The molecule has 27 heavy (non-hydrogen) atoms. The lowest BCUT2D eigenvalue weighted by Crippen LogP contribution is -2.03. The van der Waals surface area contributed by atoms with Crippen molar-refractivity contribution >= 4 is 11.0 Å². The standard InChI is InChI=1S/C22H20FN3O/c1-12-20(13(2)27-26-12)16-9-18-19(11-25-22(18)24-10-16)21(14-3-4-14)15-5-7-17(23)8-6-15/h5-11,14,21H,3-4H2,1-2H3,(H,24,25). The topological polar surface area (TPSA) is 54.7 Å². The summed E-state index contributed by atoms with van der Waals surface area (Å²) in [5, 5.41) is 5.17. The Labute approximate surface area is 156 Å². The Hall–Kier alpha value is -2.95. The maximum absolute atomic E-state index is 13.4. The van der Waals surface area contributed by atoms with E-state index < -0.39 is 0 Å². The van der Waals surface area contributed by atoms with E-state index in [2.05, 4.69) is 27.4 Å². The fraction of sp³-hybridized carbons (Fsp3) is 0.273. The number of halogens is 1. The van der Waals surface area contributed by atoms with Gasteiger partial charge in [-0.05, 0) is 61.9 Å². The molecule has 1 aromatic carbocycles. The SMILES string of the molecule is Cc1noc(C)c1-c1cnc2[nH]cc(C(c3ccc(F)cc3)C3CC3)c2c1. The highest BCUT2D eigenvalue weighted by molar-refractivity contribution is 5.86. The minimum Gasteiger partial charge on any atom is -0.361 e. The number of aromatic amines is 1. The van der Waals surface area contributed by atoms with Gasteiger partial charge in [-0.15, -0.1) is 0 Å². The maximum atomic E-state index is 13.4. The molecule has 136 valence electrons. The van der Waals surface area contributed by atoms with Gasteiger partial charge in [0.1, 0.15) is 17.2 Å². The number of benzene rings is 1. The van der Waals surface area contributed by atoms with Crippen LogP contribution < -0.4 is 0 Å². The summed E-state index contributed by atoms with van der Waals surface area (Å²) in [4.78, 5) is 7.93. The van der Waals surface area contributed by atoms with Crippen molar-refractivity contribution in [2.75, 3.05) is 0 Å². The van der Waals surface area contributed by atoms with Crippen molar-refractivity contribution in [1.82, 2.24) is 15.1 Å². The number of aryl methyl sites for hydroxylation is 2. The summed E-state index contributed by atoms with van der Waals surface area (Å²) in [6.45, 7) is 3.86. The van der Waals surface area contributed by atoms with Crippen molar-refractivity contribution in [2.45, 2.75) is 32.6 Å². The number of hydrogen-bond acceptors (Lipinski definition) is 3. The summed E-state index contributed by atoms with van der Waals surface area (Å²) in [6, 6.07) is 9.07. The quantitative estimate of drug-likeness (QED) is 0.521. The molecule has 1 aliphatic carbocycles. The van der Waals surface area contributed by atoms with Gasteiger partial charge in [-0.3, -0.25) is 0 Å². The third kappa shape index (κ3) is 2.74. The van der Waals surface area contributed by atoms with Gasteiger partial charge in [0.2, 0.25) is 0 Å². The van der Waals surface area contributed by atoms with Crippen LogP contribution >= 0.6 is 0 Å². The first-order valence-electron chi connectivity index (χ1n) is 9.27. The number of rotatable bonds is 4. The third-order valence-electron chi connectivity index (χ3n) is 5.54. The van der Waals surface area contributed by atoms with Crippen molar-refractivity contribution in [2.24, 2.45) is 5.92 Å². The monoisotopic (exact) mass is 361 g/mol. The van der Waals surface area contributed by atoms with Crippen LogP contribution in [0.3, 0.4) is 0 Å². The Morgan fingerprint density at radius 2 is 1.96 bits per heavy atom. The van der Waals surface area contributed by atoms with Gasteiger partial charge in [-0.1, -0.05) is 17.3 Å². The Morgan fingerprint density at radius 3 is 2.63 bits per heavy atom. The van der Waals surface area contributed by atoms with Crippen molar-refractivity contribution in [3.63, 3.8) is 0 Å². The summed E-state index contributed by atoms with van der Waals surface area (Å²) >= 11 is 0. The number of nitrogens with one attached hydrogen (secondary N) is 1. The van der Waals surface area contributed by atoms with Crippen molar-refractivity contribution < 1.29 is 8.91 Å². The van der Waals surface area contributed by atoms with E-state index in [1.807, 2.05) is 32.2 Å². The molecule has 1 N–H and O–H groups in total. The molecular formula is C22H20FN3O. The number of aromatic nitrogens is 3. The van der Waals surface area contributed by atoms with Crippen molar-refractivity contribution in [3.05, 3.63) is 71.1 Å². The van der Waals surface area contributed by atoms with Gasteiger partial charge in [-0.2, -0.15) is 0 Å². The van der Waals surface area contributed by atoms with E-state index in [9.17, 15) is 4.39 Å². The highest BCUT2D eigenvalue weighted by Gasteiger charge is 2.35. The first kappa shape index (κ1) is 16.2. The molecule has 1 aliphatic rings. The second-order valence-corrected chi connectivity index (χ2v) is 7.43. The van der Waals surface area contributed by atoms with Crippen LogP contribution in [0.15, 0.2) is 47.2 Å². The molecule has 5 heteroatoms. The van der Waals surface area contributed by atoms with Gasteiger partial charge in [0.05, 0.1) is 5.69 Å². The van der Waals surface area contributed by atoms with Crippen LogP contribution in [-0.4, -0.2) is 15.1 Å². The van der Waals surface area contributed by atoms with Crippen LogP contribution in [0.1, 0.15) is 41.3 Å². The lowest BCUT2D eigenvalue weighted by Gasteiger charge is -2.16. The fourth-order valence-electron chi connectivity index (χ4n) is 4.12. The molecule has 5 rings (SSSR count). The summed E-state index contributed by atoms with van der Waals surface area (Å²) < 4.78 is 18.7. The van der Waals surface area contributed by atoms with Crippen LogP contribution in [0.2, 0.25) is 0 Å². The van der Waals surface area contributed by atoms with Gasteiger partial charge in [-0.25, -0.2) is 9.37 Å².